The third-order valence-electron chi connectivity index (χ3n) is 4.06. The molecule has 1 saturated heterocycles. The van der Waals surface area contributed by atoms with Crippen molar-refractivity contribution in [1.82, 2.24) is 5.32 Å². The Bertz CT molecular complexity index is 925. The van der Waals surface area contributed by atoms with Crippen LogP contribution in [0.1, 0.15) is 6.92 Å². The second-order valence-corrected chi connectivity index (χ2v) is 5.95. The molecule has 2 amide bonds. The molecule has 8 nitrogen and oxygen atoms in total. The molecule has 3 rings (SSSR count). The Morgan fingerprint density at radius 1 is 1.37 bits per heavy atom. The number of carbonyl (C=O) groups is 2. The summed E-state index contributed by atoms with van der Waals surface area (Å²) < 4.78 is 19.8. The minimum atomic E-state index is -0.587. The summed E-state index contributed by atoms with van der Waals surface area (Å²) in [4.78, 5) is 27.0. The summed E-state index contributed by atoms with van der Waals surface area (Å²) in [6.45, 7) is 1.80. The van der Waals surface area contributed by atoms with E-state index in [-0.39, 0.29) is 19.0 Å². The van der Waals surface area contributed by atoms with Crippen LogP contribution in [0.5, 0.6) is 0 Å². The summed E-state index contributed by atoms with van der Waals surface area (Å²) in [5.74, 6) is -0.714. The zero-order valence-electron chi connectivity index (χ0n) is 14.4. The molecule has 1 aliphatic rings. The average molecular weight is 369 g/mol. The Hall–Kier alpha value is -3.58. The molecule has 0 aromatic heterocycles. The van der Waals surface area contributed by atoms with Crippen LogP contribution in [0, 0.1) is 5.82 Å². The summed E-state index contributed by atoms with van der Waals surface area (Å²) in [5, 5.41) is 6.06. The second-order valence-electron chi connectivity index (χ2n) is 5.95. The van der Waals surface area contributed by atoms with Gasteiger partial charge in [-0.1, -0.05) is 29.4 Å². The number of ether oxygens (including phenoxy) is 1. The van der Waals surface area contributed by atoms with Crippen LogP contribution in [-0.4, -0.2) is 31.2 Å². The minimum Gasteiger partial charge on any atom is -0.442 e. The first kappa shape index (κ1) is 18.2. The molecule has 1 aliphatic heterocycles. The number of amides is 2. The Morgan fingerprint density at radius 3 is 2.74 bits per heavy atom. The van der Waals surface area contributed by atoms with Gasteiger partial charge in [0.2, 0.25) is 5.91 Å². The second kappa shape index (κ2) is 7.76. The molecule has 1 N–H and O–H groups in total. The zero-order chi connectivity index (χ0) is 19.4. The van der Waals surface area contributed by atoms with Crippen molar-refractivity contribution in [3.8, 4) is 11.1 Å². The van der Waals surface area contributed by atoms with Gasteiger partial charge in [0.05, 0.1) is 18.8 Å². The fraction of sp³-hybridized carbons (Fsp3) is 0.222. The van der Waals surface area contributed by atoms with E-state index >= 15 is 0 Å². The number of halogens is 1. The highest BCUT2D eigenvalue weighted by atomic mass is 19.1. The molecule has 0 radical (unpaired) electrons. The fourth-order valence-electron chi connectivity index (χ4n) is 2.76. The topological polar surface area (TPSA) is 107 Å². The van der Waals surface area contributed by atoms with Crippen LogP contribution in [0.3, 0.4) is 0 Å². The zero-order valence-corrected chi connectivity index (χ0v) is 14.4. The van der Waals surface area contributed by atoms with Crippen molar-refractivity contribution in [2.45, 2.75) is 13.0 Å². The average Bonchev–Trinajstić information content (AvgIpc) is 3.02. The van der Waals surface area contributed by atoms with Crippen LogP contribution in [-0.2, 0) is 9.53 Å². The Balaban J connectivity index is 1.77. The van der Waals surface area contributed by atoms with E-state index in [4.69, 9.17) is 10.3 Å². The van der Waals surface area contributed by atoms with Gasteiger partial charge in [0.1, 0.15) is 11.9 Å². The molecule has 138 valence electrons. The van der Waals surface area contributed by atoms with Crippen molar-refractivity contribution < 1.29 is 18.7 Å². The molecule has 9 heteroatoms. The van der Waals surface area contributed by atoms with Crippen LogP contribution in [0.25, 0.3) is 21.6 Å². The molecule has 27 heavy (non-hydrogen) atoms. The third kappa shape index (κ3) is 4.16. The lowest BCUT2D eigenvalue weighted by Gasteiger charge is -2.14. The number of azide groups is 1. The van der Waals surface area contributed by atoms with E-state index in [0.29, 0.717) is 22.5 Å². The van der Waals surface area contributed by atoms with Crippen LogP contribution < -0.4 is 10.2 Å². The molecule has 2 aromatic carbocycles. The maximum absolute atomic E-state index is 14.6. The Labute approximate surface area is 154 Å². The van der Waals surface area contributed by atoms with Gasteiger partial charge in [-0.25, -0.2) is 9.18 Å². The van der Waals surface area contributed by atoms with Crippen molar-refractivity contribution >= 4 is 23.4 Å². The van der Waals surface area contributed by atoms with Gasteiger partial charge in [-0.2, -0.15) is 0 Å². The van der Waals surface area contributed by atoms with Crippen molar-refractivity contribution in [2.24, 2.45) is 5.11 Å². The monoisotopic (exact) mass is 369 g/mol. The van der Waals surface area contributed by atoms with Crippen molar-refractivity contribution in [2.75, 3.05) is 18.0 Å². The highest BCUT2D eigenvalue weighted by Gasteiger charge is 2.32. The maximum Gasteiger partial charge on any atom is 0.414 e. The smallest absolute Gasteiger partial charge is 0.414 e. The first-order chi connectivity index (χ1) is 13.0. The van der Waals surface area contributed by atoms with Crippen molar-refractivity contribution in [3.63, 3.8) is 0 Å². The van der Waals surface area contributed by atoms with E-state index in [0.717, 1.165) is 0 Å². The molecular weight excluding hydrogens is 353 g/mol. The van der Waals surface area contributed by atoms with E-state index in [2.05, 4.69) is 15.3 Å². The lowest BCUT2D eigenvalue weighted by atomic mass is 10.0. The van der Waals surface area contributed by atoms with Gasteiger partial charge in [0.15, 0.2) is 0 Å². The summed E-state index contributed by atoms with van der Waals surface area (Å²) in [6.07, 6.45) is -1.08. The molecule has 0 aliphatic carbocycles. The molecular formula is C18H16FN5O3. The fourth-order valence-corrected chi connectivity index (χ4v) is 2.76. The van der Waals surface area contributed by atoms with Gasteiger partial charge in [0, 0.05) is 23.1 Å². The van der Waals surface area contributed by atoms with Crippen molar-refractivity contribution in [3.05, 3.63) is 58.7 Å². The van der Waals surface area contributed by atoms with E-state index in [1.54, 1.807) is 36.4 Å². The van der Waals surface area contributed by atoms with Crippen molar-refractivity contribution in [1.29, 1.82) is 0 Å². The lowest BCUT2D eigenvalue weighted by Crippen LogP contribution is -2.33. The van der Waals surface area contributed by atoms with Gasteiger partial charge < -0.3 is 10.1 Å². The first-order valence-corrected chi connectivity index (χ1v) is 8.15. The van der Waals surface area contributed by atoms with Gasteiger partial charge in [-0.05, 0) is 29.3 Å². The number of nitrogens with zero attached hydrogens (tertiary/aromatic N) is 4. The molecule has 0 bridgehead atoms. The molecule has 1 fully saturated rings. The predicted molar refractivity (Wildman–Crippen MR) is 96.9 cm³/mol. The molecule has 2 aromatic rings. The van der Waals surface area contributed by atoms with E-state index in [1.165, 1.54) is 17.9 Å². The van der Waals surface area contributed by atoms with Gasteiger partial charge in [-0.3, -0.25) is 9.69 Å². The first-order valence-electron chi connectivity index (χ1n) is 8.15. The summed E-state index contributed by atoms with van der Waals surface area (Å²) in [5.41, 5.74) is 10.2. The highest BCUT2D eigenvalue weighted by molar-refractivity contribution is 5.90. The normalized spacial score (nSPS) is 15.9. The highest BCUT2D eigenvalue weighted by Crippen LogP contribution is 2.30. The molecule has 1 unspecified atom stereocenters. The SMILES string of the molecule is CC(=O)NCC1CN(c2ccc(-c3ccc(N=[N+]=[N-])cc3)c(F)c2)C(=O)O1. The van der Waals surface area contributed by atoms with Gasteiger partial charge in [-0.15, -0.1) is 0 Å². The summed E-state index contributed by atoms with van der Waals surface area (Å²) >= 11 is 0. The number of carbonyl (C=O) groups excluding carboxylic acids is 2. The molecule has 0 saturated carbocycles. The maximum atomic E-state index is 14.6. The van der Waals surface area contributed by atoms with Gasteiger partial charge in [0.25, 0.3) is 0 Å². The summed E-state index contributed by atoms with van der Waals surface area (Å²) in [6, 6.07) is 10.9. The molecule has 1 atom stereocenters. The number of hydrogen-bond acceptors (Lipinski definition) is 4. The van der Waals surface area contributed by atoms with Crippen LogP contribution in [0.15, 0.2) is 47.6 Å². The number of nitrogens with one attached hydrogen (secondary N) is 1. The summed E-state index contributed by atoms with van der Waals surface area (Å²) in [7, 11) is 0. The number of anilines is 1. The quantitative estimate of drug-likeness (QED) is 0.490. The largest absolute Gasteiger partial charge is 0.442 e. The Kier molecular flexibility index (Phi) is 5.23. The van der Waals surface area contributed by atoms with Gasteiger partial charge >= 0.3 is 6.09 Å². The van der Waals surface area contributed by atoms with E-state index in [9.17, 15) is 14.0 Å². The number of benzene rings is 2. The number of rotatable bonds is 5. The predicted octanol–water partition coefficient (Wildman–Crippen LogP) is 3.90. The van der Waals surface area contributed by atoms with Crippen LogP contribution in [0.4, 0.5) is 20.6 Å². The Morgan fingerprint density at radius 2 is 2.11 bits per heavy atom. The van der Waals surface area contributed by atoms with E-state index < -0.39 is 18.0 Å². The van der Waals surface area contributed by atoms with Crippen LogP contribution >= 0.6 is 0 Å². The molecule has 0 spiro atoms. The number of cyclic esters (lactones) is 1. The lowest BCUT2D eigenvalue weighted by molar-refractivity contribution is -0.119. The minimum absolute atomic E-state index is 0.204. The van der Waals surface area contributed by atoms with E-state index in [1.807, 2.05) is 0 Å². The third-order valence-corrected chi connectivity index (χ3v) is 4.06. The molecule has 1 heterocycles. The standard InChI is InChI=1S/C18H16FN5O3/c1-11(25)21-9-15-10-24(18(26)27-15)14-6-7-16(17(19)8-14)12-2-4-13(5-3-12)22-23-20/h2-8,15H,9-10H2,1H3,(H,21,25). The van der Waals surface area contributed by atoms with Crippen LogP contribution in [0.2, 0.25) is 0 Å². The number of hydrogen-bond donors (Lipinski definition) is 1.